The van der Waals surface area contributed by atoms with Crippen LogP contribution in [-0.4, -0.2) is 16.0 Å². The normalized spacial score (nSPS) is 13.2. The molecule has 2 aromatic carbocycles. The zero-order valence-corrected chi connectivity index (χ0v) is 24.9. The molecule has 0 unspecified atom stereocenters. The number of phenols is 2. The minimum Gasteiger partial charge on any atom is -0.508 e. The Hall–Kier alpha value is -2.29. The van der Waals surface area contributed by atoms with Gasteiger partial charge in [0.1, 0.15) is 17.3 Å². The van der Waals surface area contributed by atoms with E-state index in [-0.39, 0.29) is 27.4 Å². The van der Waals surface area contributed by atoms with Gasteiger partial charge >= 0.3 is 0 Å². The van der Waals surface area contributed by atoms with Gasteiger partial charge in [-0.3, -0.25) is 4.79 Å². The van der Waals surface area contributed by atoms with Gasteiger partial charge in [0.15, 0.2) is 0 Å². The van der Waals surface area contributed by atoms with E-state index in [1.807, 2.05) is 12.1 Å². The van der Waals surface area contributed by atoms with E-state index >= 15 is 0 Å². The lowest BCUT2D eigenvalue weighted by atomic mass is 9.76. The Bertz CT molecular complexity index is 1010. The van der Waals surface area contributed by atoms with Crippen LogP contribution in [0.15, 0.2) is 24.3 Å². The third-order valence-corrected chi connectivity index (χ3v) is 7.02. The minimum atomic E-state index is -0.155. The number of carbonyl (C=O) groups is 1. The van der Waals surface area contributed by atoms with E-state index in [2.05, 4.69) is 95.2 Å². The standard InChI is InChI=1S/C33H50O3/c1-30(2,3)24-19-26(32(7,8)9)28(35)17-21(24)13-15-23(34)16-14-22-18-29(36)27(33(10,11)12)20-25(22)31(4,5)6/h17-20,35-36H,13-16H2,1-12H3. The van der Waals surface area contributed by atoms with Crippen LogP contribution in [0.5, 0.6) is 11.5 Å². The fraction of sp³-hybridized carbons (Fsp3) is 0.606. The summed E-state index contributed by atoms with van der Waals surface area (Å²) in [6.45, 7) is 25.7. The lowest BCUT2D eigenvalue weighted by molar-refractivity contribution is -0.119. The highest BCUT2D eigenvalue weighted by Gasteiger charge is 2.27. The van der Waals surface area contributed by atoms with Gasteiger partial charge < -0.3 is 10.2 Å². The molecule has 200 valence electrons. The van der Waals surface area contributed by atoms with Crippen LogP contribution >= 0.6 is 0 Å². The zero-order chi connectivity index (χ0) is 27.9. The van der Waals surface area contributed by atoms with E-state index < -0.39 is 0 Å². The number of aromatic hydroxyl groups is 2. The van der Waals surface area contributed by atoms with Gasteiger partial charge in [0.05, 0.1) is 0 Å². The number of hydrogen-bond acceptors (Lipinski definition) is 3. The van der Waals surface area contributed by atoms with Gasteiger partial charge in [-0.1, -0.05) is 95.2 Å². The van der Waals surface area contributed by atoms with Crippen LogP contribution in [0, 0.1) is 0 Å². The highest BCUT2D eigenvalue weighted by atomic mass is 16.3. The number of rotatable bonds is 6. The van der Waals surface area contributed by atoms with Crippen molar-refractivity contribution in [3.8, 4) is 11.5 Å². The Kier molecular flexibility index (Phi) is 8.50. The first-order valence-electron chi connectivity index (χ1n) is 13.4. The summed E-state index contributed by atoms with van der Waals surface area (Å²) >= 11 is 0. The molecule has 0 aliphatic rings. The van der Waals surface area contributed by atoms with Crippen LogP contribution in [0.25, 0.3) is 0 Å². The summed E-state index contributed by atoms with van der Waals surface area (Å²) in [4.78, 5) is 13.0. The fourth-order valence-electron chi connectivity index (χ4n) is 4.95. The molecule has 0 fully saturated rings. The average molecular weight is 495 g/mol. The molecular formula is C33H50O3. The van der Waals surface area contributed by atoms with Gasteiger partial charge in [0.2, 0.25) is 0 Å². The molecule has 2 N–H and O–H groups in total. The molecule has 0 saturated carbocycles. The molecule has 0 aromatic heterocycles. The van der Waals surface area contributed by atoms with Gasteiger partial charge in [-0.15, -0.1) is 0 Å². The van der Waals surface area contributed by atoms with Gasteiger partial charge in [0.25, 0.3) is 0 Å². The van der Waals surface area contributed by atoms with Crippen molar-refractivity contribution in [1.82, 2.24) is 0 Å². The van der Waals surface area contributed by atoms with E-state index in [9.17, 15) is 15.0 Å². The molecule has 0 heterocycles. The summed E-state index contributed by atoms with van der Waals surface area (Å²) in [7, 11) is 0. The Labute approximate surface area is 220 Å². The van der Waals surface area contributed by atoms with E-state index in [1.54, 1.807) is 0 Å². The Morgan fingerprint density at radius 3 is 1.06 bits per heavy atom. The largest absolute Gasteiger partial charge is 0.508 e. The van der Waals surface area contributed by atoms with E-state index in [1.165, 1.54) is 11.1 Å². The molecule has 3 heteroatoms. The smallest absolute Gasteiger partial charge is 0.133 e. The highest BCUT2D eigenvalue weighted by molar-refractivity contribution is 5.79. The van der Waals surface area contributed by atoms with Crippen LogP contribution in [0.4, 0.5) is 0 Å². The van der Waals surface area contributed by atoms with Gasteiger partial charge in [-0.05, 0) is 80.0 Å². The maximum absolute atomic E-state index is 13.0. The van der Waals surface area contributed by atoms with Crippen molar-refractivity contribution in [1.29, 1.82) is 0 Å². The monoisotopic (exact) mass is 494 g/mol. The second-order valence-corrected chi connectivity index (χ2v) is 14.6. The fourth-order valence-corrected chi connectivity index (χ4v) is 4.95. The number of hydrogen-bond donors (Lipinski definition) is 2. The van der Waals surface area contributed by atoms with E-state index in [4.69, 9.17) is 0 Å². The predicted octanol–water partition coefficient (Wildman–Crippen LogP) is 8.42. The number of aryl methyl sites for hydroxylation is 2. The summed E-state index contributed by atoms with van der Waals surface area (Å²) < 4.78 is 0. The Morgan fingerprint density at radius 2 is 0.806 bits per heavy atom. The van der Waals surface area contributed by atoms with Gasteiger partial charge in [-0.2, -0.15) is 0 Å². The van der Waals surface area contributed by atoms with Crippen molar-refractivity contribution in [2.24, 2.45) is 0 Å². The Morgan fingerprint density at radius 1 is 0.528 bits per heavy atom. The molecule has 36 heavy (non-hydrogen) atoms. The second kappa shape index (κ2) is 10.2. The number of ketones is 1. The first kappa shape index (κ1) is 29.9. The SMILES string of the molecule is CC(C)(C)c1cc(C(C)(C)C)c(CCC(=O)CCc2cc(O)c(C(C)(C)C)cc2C(C)(C)C)cc1O. The first-order valence-corrected chi connectivity index (χ1v) is 13.4. The van der Waals surface area contributed by atoms with E-state index in [0.717, 1.165) is 22.3 Å². The molecule has 3 nitrogen and oxygen atoms in total. The molecular weight excluding hydrogens is 444 g/mol. The van der Waals surface area contributed by atoms with Crippen molar-refractivity contribution in [3.05, 3.63) is 57.6 Å². The molecule has 0 radical (unpaired) electrons. The van der Waals surface area contributed by atoms with Crippen LogP contribution < -0.4 is 0 Å². The summed E-state index contributed by atoms with van der Waals surface area (Å²) in [6.07, 6.45) is 2.11. The number of benzene rings is 2. The maximum atomic E-state index is 13.0. The zero-order valence-electron chi connectivity index (χ0n) is 24.9. The lowest BCUT2D eigenvalue weighted by Crippen LogP contribution is -2.19. The average Bonchev–Trinajstić information content (AvgIpc) is 2.66. The molecule has 0 bridgehead atoms. The van der Waals surface area contributed by atoms with Gasteiger partial charge in [0, 0.05) is 12.8 Å². The third kappa shape index (κ3) is 7.37. The predicted molar refractivity (Wildman–Crippen MR) is 153 cm³/mol. The van der Waals surface area contributed by atoms with Crippen molar-refractivity contribution >= 4 is 5.78 Å². The third-order valence-electron chi connectivity index (χ3n) is 7.02. The molecule has 0 atom stereocenters. The molecule has 2 aromatic rings. The summed E-state index contributed by atoms with van der Waals surface area (Å²) in [5.41, 5.74) is 5.87. The van der Waals surface area contributed by atoms with Crippen molar-refractivity contribution in [3.63, 3.8) is 0 Å². The van der Waals surface area contributed by atoms with E-state index in [0.29, 0.717) is 37.2 Å². The highest BCUT2D eigenvalue weighted by Crippen LogP contribution is 2.39. The summed E-state index contributed by atoms with van der Waals surface area (Å²) in [5, 5.41) is 21.5. The van der Waals surface area contributed by atoms with Crippen LogP contribution in [0.1, 0.15) is 129 Å². The summed E-state index contributed by atoms with van der Waals surface area (Å²) in [6, 6.07) is 8.00. The van der Waals surface area contributed by atoms with Crippen molar-refractivity contribution < 1.29 is 15.0 Å². The number of carbonyl (C=O) groups excluding carboxylic acids is 1. The van der Waals surface area contributed by atoms with Gasteiger partial charge in [-0.25, -0.2) is 0 Å². The van der Waals surface area contributed by atoms with Crippen LogP contribution in [0.3, 0.4) is 0 Å². The molecule has 0 saturated heterocycles. The first-order chi connectivity index (χ1) is 16.1. The molecule has 0 spiro atoms. The second-order valence-electron chi connectivity index (χ2n) is 14.6. The Balaban J connectivity index is 2.25. The van der Waals surface area contributed by atoms with Crippen molar-refractivity contribution in [2.75, 3.05) is 0 Å². The maximum Gasteiger partial charge on any atom is 0.133 e. The molecule has 0 aliphatic heterocycles. The topological polar surface area (TPSA) is 57.5 Å². The quantitative estimate of drug-likeness (QED) is 0.424. The number of phenolic OH excluding ortho intramolecular Hbond substituents is 2. The van der Waals surface area contributed by atoms with Crippen LogP contribution in [-0.2, 0) is 39.3 Å². The van der Waals surface area contributed by atoms with Crippen LogP contribution in [0.2, 0.25) is 0 Å². The number of Topliss-reactive ketones (excluding diaryl/α,β-unsaturated/α-hetero) is 1. The molecule has 2 rings (SSSR count). The lowest BCUT2D eigenvalue weighted by Gasteiger charge is -2.29. The minimum absolute atomic E-state index is 0.0833. The van der Waals surface area contributed by atoms with Crippen molar-refractivity contribution in [2.45, 2.75) is 130 Å². The molecule has 0 amide bonds. The molecule has 0 aliphatic carbocycles. The summed E-state index contributed by atoms with van der Waals surface area (Å²) in [5.74, 6) is 0.817.